The molecule has 36 heavy (non-hydrogen) atoms. The van der Waals surface area contributed by atoms with Crippen LogP contribution in [0.4, 0.5) is 5.69 Å². The number of ether oxygens (including phenoxy) is 1. The second-order valence-electron chi connectivity index (χ2n) is 8.82. The van der Waals surface area contributed by atoms with Crippen LogP contribution in [0.2, 0.25) is 5.02 Å². The fraction of sp³-hybridized carbons (Fsp3) is 0.296. The molecule has 1 saturated heterocycles. The summed E-state index contributed by atoms with van der Waals surface area (Å²) in [6.07, 6.45) is 1.17. The highest BCUT2D eigenvalue weighted by Crippen LogP contribution is 2.24. The Kier molecular flexibility index (Phi) is 8.51. The SMILES string of the molecule is CS(=O)(=O)N(Cc1ccc(Cl)cc1)c1ccc(OCC(=O)N2CCN(Cc3ccccc3)CC2)cc1. The van der Waals surface area contributed by atoms with Gasteiger partial charge in [-0.2, -0.15) is 0 Å². The van der Waals surface area contributed by atoms with Gasteiger partial charge in [0.1, 0.15) is 5.75 Å². The second kappa shape index (κ2) is 11.8. The van der Waals surface area contributed by atoms with Crippen molar-refractivity contribution in [3.63, 3.8) is 0 Å². The maximum absolute atomic E-state index is 12.7. The van der Waals surface area contributed by atoms with Gasteiger partial charge in [0.2, 0.25) is 10.0 Å². The molecule has 3 aromatic rings. The van der Waals surface area contributed by atoms with E-state index in [9.17, 15) is 13.2 Å². The first-order valence-electron chi connectivity index (χ1n) is 11.8. The van der Waals surface area contributed by atoms with Crippen LogP contribution in [-0.2, 0) is 27.9 Å². The lowest BCUT2D eigenvalue weighted by molar-refractivity contribution is -0.135. The smallest absolute Gasteiger partial charge is 0.260 e. The minimum atomic E-state index is -3.51. The normalized spacial score (nSPS) is 14.4. The Hall–Kier alpha value is -3.07. The van der Waals surface area contributed by atoms with Crippen LogP contribution in [0.25, 0.3) is 0 Å². The molecule has 1 amide bonds. The van der Waals surface area contributed by atoms with E-state index in [-0.39, 0.29) is 19.1 Å². The number of sulfonamides is 1. The number of benzene rings is 3. The molecule has 0 unspecified atom stereocenters. The molecule has 1 aliphatic rings. The summed E-state index contributed by atoms with van der Waals surface area (Å²) < 4.78 is 31.9. The lowest BCUT2D eigenvalue weighted by Crippen LogP contribution is -2.49. The number of carbonyl (C=O) groups excluding carboxylic acids is 1. The van der Waals surface area contributed by atoms with Gasteiger partial charge in [-0.15, -0.1) is 0 Å². The van der Waals surface area contributed by atoms with Gasteiger partial charge < -0.3 is 9.64 Å². The topological polar surface area (TPSA) is 70.2 Å². The van der Waals surface area contributed by atoms with Gasteiger partial charge in [-0.05, 0) is 47.5 Å². The zero-order valence-electron chi connectivity index (χ0n) is 20.2. The van der Waals surface area contributed by atoms with E-state index in [0.717, 1.165) is 25.2 Å². The van der Waals surface area contributed by atoms with Gasteiger partial charge in [0.15, 0.2) is 6.61 Å². The number of anilines is 1. The van der Waals surface area contributed by atoms with Gasteiger partial charge in [-0.25, -0.2) is 8.42 Å². The summed E-state index contributed by atoms with van der Waals surface area (Å²) in [4.78, 5) is 16.8. The van der Waals surface area contributed by atoms with Crippen molar-refractivity contribution in [1.82, 2.24) is 9.80 Å². The van der Waals surface area contributed by atoms with Crippen LogP contribution >= 0.6 is 11.6 Å². The molecule has 0 N–H and O–H groups in total. The van der Waals surface area contributed by atoms with Crippen LogP contribution in [0.1, 0.15) is 11.1 Å². The molecule has 1 heterocycles. The van der Waals surface area contributed by atoms with Crippen LogP contribution in [0.15, 0.2) is 78.9 Å². The van der Waals surface area contributed by atoms with Crippen LogP contribution in [0.3, 0.4) is 0 Å². The first kappa shape index (κ1) is 26.0. The molecule has 0 atom stereocenters. The zero-order valence-corrected chi connectivity index (χ0v) is 21.8. The second-order valence-corrected chi connectivity index (χ2v) is 11.2. The van der Waals surface area contributed by atoms with Crippen LogP contribution in [0.5, 0.6) is 5.75 Å². The van der Waals surface area contributed by atoms with Crippen LogP contribution in [0, 0.1) is 0 Å². The van der Waals surface area contributed by atoms with Gasteiger partial charge in [0.05, 0.1) is 18.5 Å². The van der Waals surface area contributed by atoms with Crippen molar-refractivity contribution >= 4 is 33.2 Å². The Morgan fingerprint density at radius 2 is 1.53 bits per heavy atom. The van der Waals surface area contributed by atoms with E-state index in [4.69, 9.17) is 16.3 Å². The molecule has 0 spiro atoms. The number of halogens is 1. The predicted molar refractivity (Wildman–Crippen MR) is 143 cm³/mol. The number of rotatable bonds is 9. The van der Waals surface area contributed by atoms with Crippen LogP contribution in [-0.4, -0.2) is 63.2 Å². The molecule has 9 heteroatoms. The average molecular weight is 528 g/mol. The third-order valence-electron chi connectivity index (χ3n) is 6.10. The molecule has 1 fully saturated rings. The molecule has 0 radical (unpaired) electrons. The monoisotopic (exact) mass is 527 g/mol. The van der Waals surface area contributed by atoms with Gasteiger partial charge in [-0.3, -0.25) is 14.0 Å². The lowest BCUT2D eigenvalue weighted by Gasteiger charge is -2.34. The number of hydrogen-bond donors (Lipinski definition) is 0. The van der Waals surface area contributed by atoms with E-state index >= 15 is 0 Å². The molecule has 7 nitrogen and oxygen atoms in total. The predicted octanol–water partition coefficient (Wildman–Crippen LogP) is 4.03. The van der Waals surface area contributed by atoms with Crippen molar-refractivity contribution in [1.29, 1.82) is 0 Å². The van der Waals surface area contributed by atoms with Gasteiger partial charge >= 0.3 is 0 Å². The number of carbonyl (C=O) groups is 1. The molecule has 0 aliphatic carbocycles. The molecule has 1 aliphatic heterocycles. The lowest BCUT2D eigenvalue weighted by atomic mass is 10.2. The first-order valence-corrected chi connectivity index (χ1v) is 14.0. The minimum Gasteiger partial charge on any atom is -0.484 e. The van der Waals surface area contributed by atoms with E-state index in [0.29, 0.717) is 29.5 Å². The van der Waals surface area contributed by atoms with Crippen molar-refractivity contribution in [2.75, 3.05) is 43.3 Å². The summed E-state index contributed by atoms with van der Waals surface area (Å²) in [5.41, 5.74) is 2.60. The van der Waals surface area contributed by atoms with Crippen molar-refractivity contribution < 1.29 is 17.9 Å². The zero-order chi connectivity index (χ0) is 25.5. The van der Waals surface area contributed by atoms with E-state index < -0.39 is 10.0 Å². The number of nitrogens with zero attached hydrogens (tertiary/aromatic N) is 3. The minimum absolute atomic E-state index is 0.0565. The summed E-state index contributed by atoms with van der Waals surface area (Å²) in [5, 5.41) is 0.592. The fourth-order valence-corrected chi connectivity index (χ4v) is 5.11. The summed E-state index contributed by atoms with van der Waals surface area (Å²) in [7, 11) is -3.51. The third-order valence-corrected chi connectivity index (χ3v) is 7.49. The Labute approximate surface area is 217 Å². The van der Waals surface area contributed by atoms with Crippen molar-refractivity contribution in [2.45, 2.75) is 13.1 Å². The van der Waals surface area contributed by atoms with Crippen molar-refractivity contribution in [3.05, 3.63) is 95.0 Å². The molecular weight excluding hydrogens is 498 g/mol. The van der Waals surface area contributed by atoms with Crippen molar-refractivity contribution in [3.8, 4) is 5.75 Å². The van der Waals surface area contributed by atoms with E-state index in [1.54, 1.807) is 48.5 Å². The van der Waals surface area contributed by atoms with E-state index in [1.807, 2.05) is 23.1 Å². The van der Waals surface area contributed by atoms with Gasteiger partial charge in [0.25, 0.3) is 5.91 Å². The van der Waals surface area contributed by atoms with E-state index in [1.165, 1.54) is 16.1 Å². The maximum atomic E-state index is 12.7. The highest BCUT2D eigenvalue weighted by Gasteiger charge is 2.22. The highest BCUT2D eigenvalue weighted by atomic mass is 35.5. The number of amides is 1. The fourth-order valence-electron chi connectivity index (χ4n) is 4.10. The quantitative estimate of drug-likeness (QED) is 0.420. The molecule has 0 saturated carbocycles. The third kappa shape index (κ3) is 7.22. The Bertz CT molecular complexity index is 1240. The standard InChI is InChI=1S/C27H30ClN3O4S/c1-36(33,34)31(20-23-7-9-24(28)10-8-23)25-11-13-26(14-12-25)35-21-27(32)30-17-15-29(16-18-30)19-22-5-3-2-4-6-22/h2-14H,15-21H2,1H3. The molecule has 0 aromatic heterocycles. The molecular formula is C27H30ClN3O4S. The van der Waals surface area contributed by atoms with E-state index in [2.05, 4.69) is 17.0 Å². The van der Waals surface area contributed by atoms with Gasteiger partial charge in [-0.1, -0.05) is 54.1 Å². The largest absolute Gasteiger partial charge is 0.484 e. The highest BCUT2D eigenvalue weighted by molar-refractivity contribution is 7.92. The van der Waals surface area contributed by atoms with Crippen LogP contribution < -0.4 is 9.04 Å². The first-order chi connectivity index (χ1) is 17.3. The molecule has 4 rings (SSSR count). The number of piperazine rings is 1. The Morgan fingerprint density at radius 1 is 0.889 bits per heavy atom. The number of hydrogen-bond acceptors (Lipinski definition) is 5. The maximum Gasteiger partial charge on any atom is 0.260 e. The summed E-state index contributed by atoms with van der Waals surface area (Å²) >= 11 is 5.94. The van der Waals surface area contributed by atoms with Gasteiger partial charge in [0, 0.05) is 37.7 Å². The van der Waals surface area contributed by atoms with Crippen molar-refractivity contribution in [2.24, 2.45) is 0 Å². The molecule has 0 bridgehead atoms. The Balaban J connectivity index is 1.29. The molecule has 190 valence electrons. The average Bonchev–Trinajstić information content (AvgIpc) is 2.88. The Morgan fingerprint density at radius 3 is 2.14 bits per heavy atom. The summed E-state index contributed by atoms with van der Waals surface area (Å²) in [6.45, 7) is 4.00. The summed E-state index contributed by atoms with van der Waals surface area (Å²) in [5.74, 6) is 0.452. The summed E-state index contributed by atoms with van der Waals surface area (Å²) in [6, 6.07) is 24.1. The molecule has 3 aromatic carbocycles.